The molecule has 1 unspecified atom stereocenters. The highest BCUT2D eigenvalue weighted by atomic mass is 35.5. The number of halogens is 1. The first kappa shape index (κ1) is 12.2. The molecular weight excluding hydrogens is 260 g/mol. The highest BCUT2D eigenvalue weighted by Crippen LogP contribution is 2.35. The van der Waals surface area contributed by atoms with Crippen LogP contribution < -0.4 is 15.8 Å². The fourth-order valence-electron chi connectivity index (χ4n) is 2.34. The molecule has 0 spiro atoms. The Morgan fingerprint density at radius 1 is 1.21 bits per heavy atom. The van der Waals surface area contributed by atoms with Gasteiger partial charge in [0.1, 0.15) is 5.75 Å². The Kier molecular flexibility index (Phi) is 3.22. The van der Waals surface area contributed by atoms with Gasteiger partial charge in [-0.3, -0.25) is 0 Å². The van der Waals surface area contributed by atoms with Crippen LogP contribution in [-0.2, 0) is 0 Å². The maximum Gasteiger partial charge on any atom is 0.124 e. The third-order valence-corrected chi connectivity index (χ3v) is 3.54. The fraction of sp³-hybridized carbons (Fsp3) is 0.200. The molecule has 0 saturated heterocycles. The summed E-state index contributed by atoms with van der Waals surface area (Å²) in [6.07, 6.45) is 0.916. The predicted molar refractivity (Wildman–Crippen MR) is 78.8 cm³/mol. The molecule has 1 aliphatic rings. The van der Waals surface area contributed by atoms with Crippen LogP contribution in [0.5, 0.6) is 5.75 Å². The summed E-state index contributed by atoms with van der Waals surface area (Å²) in [7, 11) is 0. The molecular formula is C15H15ClN2O. The van der Waals surface area contributed by atoms with Crippen molar-refractivity contribution in [2.45, 2.75) is 12.5 Å². The molecule has 98 valence electrons. The number of nitrogens with two attached hydrogens (primary N) is 1. The van der Waals surface area contributed by atoms with Gasteiger partial charge in [-0.05, 0) is 24.3 Å². The minimum absolute atomic E-state index is 0.216. The summed E-state index contributed by atoms with van der Waals surface area (Å²) in [5, 5.41) is 4.12. The summed E-state index contributed by atoms with van der Waals surface area (Å²) in [6, 6.07) is 13.8. The van der Waals surface area contributed by atoms with Crippen LogP contribution in [0.25, 0.3) is 0 Å². The fourth-order valence-corrected chi connectivity index (χ4v) is 2.53. The maximum absolute atomic E-state index is 5.98. The van der Waals surface area contributed by atoms with Crippen LogP contribution in [0.1, 0.15) is 18.0 Å². The molecule has 3 rings (SSSR count). The van der Waals surface area contributed by atoms with E-state index in [1.165, 1.54) is 5.56 Å². The average Bonchev–Trinajstić information content (AvgIpc) is 2.42. The number of nitrogen functional groups attached to an aromatic ring is 1. The molecule has 0 amide bonds. The van der Waals surface area contributed by atoms with Gasteiger partial charge in [0.2, 0.25) is 0 Å². The third kappa shape index (κ3) is 2.47. The lowest BCUT2D eigenvalue weighted by atomic mass is 10.00. The van der Waals surface area contributed by atoms with Crippen molar-refractivity contribution < 1.29 is 4.74 Å². The molecule has 0 radical (unpaired) electrons. The van der Waals surface area contributed by atoms with E-state index in [9.17, 15) is 0 Å². The SMILES string of the molecule is Nc1cc(Cl)ccc1NC1CCOc2ccccc21. The Bertz CT molecular complexity index is 600. The van der Waals surface area contributed by atoms with Gasteiger partial charge in [-0.2, -0.15) is 0 Å². The van der Waals surface area contributed by atoms with Crippen LogP contribution in [0.15, 0.2) is 42.5 Å². The Hall–Kier alpha value is -1.87. The van der Waals surface area contributed by atoms with Gasteiger partial charge in [-0.15, -0.1) is 0 Å². The van der Waals surface area contributed by atoms with Gasteiger partial charge in [-0.1, -0.05) is 29.8 Å². The summed E-state index contributed by atoms with van der Waals surface area (Å²) in [5.41, 5.74) is 8.72. The van der Waals surface area contributed by atoms with Crippen LogP contribution in [-0.4, -0.2) is 6.61 Å². The van der Waals surface area contributed by atoms with Gasteiger partial charge < -0.3 is 15.8 Å². The lowest BCUT2D eigenvalue weighted by Gasteiger charge is -2.27. The zero-order valence-electron chi connectivity index (χ0n) is 10.4. The monoisotopic (exact) mass is 274 g/mol. The van der Waals surface area contributed by atoms with Gasteiger partial charge in [0.15, 0.2) is 0 Å². The van der Waals surface area contributed by atoms with Crippen molar-refractivity contribution in [2.24, 2.45) is 0 Å². The Morgan fingerprint density at radius 2 is 2.05 bits per heavy atom. The predicted octanol–water partition coefficient (Wildman–Crippen LogP) is 3.86. The first-order valence-corrected chi connectivity index (χ1v) is 6.65. The van der Waals surface area contributed by atoms with Crippen molar-refractivity contribution in [2.75, 3.05) is 17.7 Å². The minimum atomic E-state index is 0.216. The number of fused-ring (bicyclic) bond motifs is 1. The largest absolute Gasteiger partial charge is 0.493 e. The van der Waals surface area contributed by atoms with Gasteiger partial charge >= 0.3 is 0 Å². The summed E-state index contributed by atoms with van der Waals surface area (Å²) < 4.78 is 5.65. The number of para-hydroxylation sites is 1. The average molecular weight is 275 g/mol. The molecule has 4 heteroatoms. The van der Waals surface area contributed by atoms with E-state index in [1.807, 2.05) is 30.3 Å². The van der Waals surface area contributed by atoms with Crippen LogP contribution >= 0.6 is 11.6 Å². The Morgan fingerprint density at radius 3 is 2.89 bits per heavy atom. The highest BCUT2D eigenvalue weighted by molar-refractivity contribution is 6.31. The molecule has 1 heterocycles. The molecule has 0 fully saturated rings. The molecule has 2 aromatic carbocycles. The van der Waals surface area contributed by atoms with Crippen molar-refractivity contribution in [3.05, 3.63) is 53.1 Å². The van der Waals surface area contributed by atoms with Crippen LogP contribution in [0, 0.1) is 0 Å². The number of benzene rings is 2. The minimum Gasteiger partial charge on any atom is -0.493 e. The van der Waals surface area contributed by atoms with E-state index in [-0.39, 0.29) is 6.04 Å². The second-order valence-electron chi connectivity index (χ2n) is 4.60. The molecule has 0 aliphatic carbocycles. The smallest absolute Gasteiger partial charge is 0.124 e. The normalized spacial score (nSPS) is 17.4. The van der Waals surface area contributed by atoms with E-state index in [2.05, 4.69) is 11.4 Å². The summed E-state index contributed by atoms with van der Waals surface area (Å²) >= 11 is 5.91. The standard InChI is InChI=1S/C15H15ClN2O/c16-10-5-6-14(12(17)9-10)18-13-7-8-19-15-4-2-1-3-11(13)15/h1-6,9,13,18H,7-8,17H2. The number of hydrogen-bond donors (Lipinski definition) is 2. The molecule has 3 N–H and O–H groups in total. The lowest BCUT2D eigenvalue weighted by Crippen LogP contribution is -2.20. The zero-order chi connectivity index (χ0) is 13.2. The van der Waals surface area contributed by atoms with E-state index in [0.29, 0.717) is 17.3 Å². The van der Waals surface area contributed by atoms with Crippen molar-refractivity contribution >= 4 is 23.0 Å². The van der Waals surface area contributed by atoms with E-state index < -0.39 is 0 Å². The van der Waals surface area contributed by atoms with Gasteiger partial charge in [0.25, 0.3) is 0 Å². The van der Waals surface area contributed by atoms with Crippen molar-refractivity contribution in [1.29, 1.82) is 0 Å². The Labute approximate surface area is 117 Å². The number of rotatable bonds is 2. The quantitative estimate of drug-likeness (QED) is 0.818. The van der Waals surface area contributed by atoms with Crippen molar-refractivity contribution in [3.63, 3.8) is 0 Å². The number of ether oxygens (including phenoxy) is 1. The van der Waals surface area contributed by atoms with Crippen molar-refractivity contribution in [3.8, 4) is 5.75 Å². The van der Waals surface area contributed by atoms with Gasteiger partial charge in [0, 0.05) is 17.0 Å². The molecule has 1 aliphatic heterocycles. The van der Waals surface area contributed by atoms with Crippen LogP contribution in [0.4, 0.5) is 11.4 Å². The molecule has 19 heavy (non-hydrogen) atoms. The molecule has 0 aromatic heterocycles. The Balaban J connectivity index is 1.88. The van der Waals surface area contributed by atoms with Gasteiger partial charge in [0.05, 0.1) is 24.0 Å². The third-order valence-electron chi connectivity index (χ3n) is 3.30. The second-order valence-corrected chi connectivity index (χ2v) is 5.04. The van der Waals surface area contributed by atoms with E-state index in [4.69, 9.17) is 22.1 Å². The highest BCUT2D eigenvalue weighted by Gasteiger charge is 2.21. The van der Waals surface area contributed by atoms with Crippen molar-refractivity contribution in [1.82, 2.24) is 0 Å². The topological polar surface area (TPSA) is 47.3 Å². The maximum atomic E-state index is 5.98. The summed E-state index contributed by atoms with van der Waals surface area (Å²) in [6.45, 7) is 0.710. The van der Waals surface area contributed by atoms with E-state index >= 15 is 0 Å². The lowest BCUT2D eigenvalue weighted by molar-refractivity contribution is 0.274. The molecule has 0 bridgehead atoms. The number of nitrogens with one attached hydrogen (secondary N) is 1. The second kappa shape index (κ2) is 5.02. The molecule has 2 aromatic rings. The van der Waals surface area contributed by atoms with Crippen LogP contribution in [0.2, 0.25) is 5.02 Å². The van der Waals surface area contributed by atoms with Crippen LogP contribution in [0.3, 0.4) is 0 Å². The molecule has 3 nitrogen and oxygen atoms in total. The summed E-state index contributed by atoms with van der Waals surface area (Å²) in [4.78, 5) is 0. The number of anilines is 2. The zero-order valence-corrected chi connectivity index (χ0v) is 11.2. The molecule has 1 atom stereocenters. The number of hydrogen-bond acceptors (Lipinski definition) is 3. The first-order chi connectivity index (χ1) is 9.24. The van der Waals surface area contributed by atoms with E-state index in [0.717, 1.165) is 17.9 Å². The van der Waals surface area contributed by atoms with Gasteiger partial charge in [-0.25, -0.2) is 0 Å². The first-order valence-electron chi connectivity index (χ1n) is 6.27. The van der Waals surface area contributed by atoms with E-state index in [1.54, 1.807) is 6.07 Å². The molecule has 0 saturated carbocycles. The summed E-state index contributed by atoms with van der Waals surface area (Å²) in [5.74, 6) is 0.943.